The zero-order valence-electron chi connectivity index (χ0n) is 10.9. The number of aromatic nitrogens is 1. The van der Waals surface area contributed by atoms with Crippen molar-refractivity contribution in [3.05, 3.63) is 77.1 Å². The fourth-order valence-corrected chi connectivity index (χ4v) is 2.60. The lowest BCUT2D eigenvalue weighted by atomic mass is 10.1. The van der Waals surface area contributed by atoms with E-state index in [0.717, 1.165) is 16.5 Å². The second-order valence-corrected chi connectivity index (χ2v) is 4.84. The molecule has 3 nitrogen and oxygen atoms in total. The molecule has 2 aromatic carbocycles. The zero-order valence-corrected chi connectivity index (χ0v) is 10.9. The van der Waals surface area contributed by atoms with E-state index in [2.05, 4.69) is 0 Å². The molecule has 0 amide bonds. The lowest BCUT2D eigenvalue weighted by molar-refractivity contribution is 0.512. The van der Waals surface area contributed by atoms with Gasteiger partial charge in [-0.05, 0) is 36.4 Å². The zero-order chi connectivity index (χ0) is 14.4. The van der Waals surface area contributed by atoms with Gasteiger partial charge in [0, 0.05) is 10.9 Å². The summed E-state index contributed by atoms with van der Waals surface area (Å²) in [6, 6.07) is 15.6. The molecule has 0 aliphatic rings. The van der Waals surface area contributed by atoms with E-state index in [1.165, 1.54) is 18.4 Å². The van der Waals surface area contributed by atoms with Crippen molar-refractivity contribution < 1.29 is 8.81 Å². The van der Waals surface area contributed by atoms with Crippen LogP contribution in [-0.4, -0.2) is 4.40 Å². The molecule has 4 aromatic rings. The maximum atomic E-state index is 13.1. The molecule has 4 rings (SSSR count). The Balaban J connectivity index is 2.16. The van der Waals surface area contributed by atoms with Gasteiger partial charge in [-0.2, -0.15) is 0 Å². The molecule has 102 valence electrons. The second-order valence-electron chi connectivity index (χ2n) is 4.84. The Morgan fingerprint density at radius 2 is 1.71 bits per heavy atom. The molecule has 4 heteroatoms. The third kappa shape index (κ3) is 1.76. The number of rotatable bonds is 1. The summed E-state index contributed by atoms with van der Waals surface area (Å²) >= 11 is 0. The van der Waals surface area contributed by atoms with E-state index in [4.69, 9.17) is 4.42 Å². The molecule has 0 unspecified atom stereocenters. The van der Waals surface area contributed by atoms with Crippen LogP contribution in [0.15, 0.2) is 70.1 Å². The summed E-state index contributed by atoms with van der Waals surface area (Å²) in [5, 5.41) is 0.958. The van der Waals surface area contributed by atoms with Crippen molar-refractivity contribution in [2.75, 3.05) is 0 Å². The molecule has 2 aromatic heterocycles. The molecule has 0 fully saturated rings. The van der Waals surface area contributed by atoms with Crippen molar-refractivity contribution in [1.82, 2.24) is 4.40 Å². The Morgan fingerprint density at radius 1 is 0.952 bits per heavy atom. The number of para-hydroxylation sites is 1. The Kier molecular flexibility index (Phi) is 2.44. The van der Waals surface area contributed by atoms with Crippen molar-refractivity contribution in [1.29, 1.82) is 0 Å². The Morgan fingerprint density at radius 3 is 2.52 bits per heavy atom. The van der Waals surface area contributed by atoms with E-state index in [0.29, 0.717) is 11.2 Å². The first-order chi connectivity index (χ1) is 10.2. The van der Waals surface area contributed by atoms with Gasteiger partial charge in [0.2, 0.25) is 0 Å². The summed E-state index contributed by atoms with van der Waals surface area (Å²) in [5.41, 5.74) is 2.49. The third-order valence-electron chi connectivity index (χ3n) is 3.58. The highest BCUT2D eigenvalue weighted by molar-refractivity contribution is 5.89. The van der Waals surface area contributed by atoms with E-state index in [9.17, 15) is 9.18 Å². The lowest BCUT2D eigenvalue weighted by Crippen LogP contribution is -2.04. The average Bonchev–Trinajstić information content (AvgIpc) is 2.90. The van der Waals surface area contributed by atoms with Gasteiger partial charge in [0.05, 0.1) is 11.2 Å². The van der Waals surface area contributed by atoms with E-state index in [-0.39, 0.29) is 5.82 Å². The highest BCUT2D eigenvalue weighted by Crippen LogP contribution is 2.26. The maximum Gasteiger partial charge on any atom is 0.360 e. The highest BCUT2D eigenvalue weighted by Gasteiger charge is 2.12. The highest BCUT2D eigenvalue weighted by atomic mass is 19.1. The van der Waals surface area contributed by atoms with Crippen molar-refractivity contribution in [2.45, 2.75) is 0 Å². The van der Waals surface area contributed by atoms with Crippen LogP contribution in [0.3, 0.4) is 0 Å². The number of hydrogen-bond donors (Lipinski definition) is 0. The van der Waals surface area contributed by atoms with Gasteiger partial charge in [0.25, 0.3) is 0 Å². The van der Waals surface area contributed by atoms with E-state index >= 15 is 0 Å². The van der Waals surface area contributed by atoms with Crippen LogP contribution >= 0.6 is 0 Å². The van der Waals surface area contributed by atoms with Crippen molar-refractivity contribution in [2.24, 2.45) is 0 Å². The fraction of sp³-hybridized carbons (Fsp3) is 0. The van der Waals surface area contributed by atoms with E-state index in [1.807, 2.05) is 28.7 Å². The van der Waals surface area contributed by atoms with Crippen molar-refractivity contribution >= 4 is 16.4 Å². The average molecular weight is 279 g/mol. The van der Waals surface area contributed by atoms with Crippen LogP contribution < -0.4 is 5.63 Å². The van der Waals surface area contributed by atoms with Crippen LogP contribution in [0.5, 0.6) is 0 Å². The van der Waals surface area contributed by atoms with Crippen LogP contribution in [0.1, 0.15) is 0 Å². The first-order valence-corrected chi connectivity index (χ1v) is 6.52. The SMILES string of the molecule is O=c1occ(-c2ccc(F)cc2)n2c1cc1ccccc12. The maximum absolute atomic E-state index is 13.1. The molecule has 0 bridgehead atoms. The predicted molar refractivity (Wildman–Crippen MR) is 78.8 cm³/mol. The van der Waals surface area contributed by atoms with Gasteiger partial charge in [-0.3, -0.25) is 4.40 Å². The van der Waals surface area contributed by atoms with E-state index in [1.54, 1.807) is 18.2 Å². The number of halogens is 1. The minimum atomic E-state index is -0.392. The summed E-state index contributed by atoms with van der Waals surface area (Å²) in [7, 11) is 0. The molecule has 0 atom stereocenters. The molecule has 0 aliphatic carbocycles. The van der Waals surface area contributed by atoms with Crippen LogP contribution in [0, 0.1) is 5.82 Å². The first-order valence-electron chi connectivity index (χ1n) is 6.52. The van der Waals surface area contributed by atoms with Gasteiger partial charge in [-0.25, -0.2) is 9.18 Å². The summed E-state index contributed by atoms with van der Waals surface area (Å²) in [4.78, 5) is 11.9. The molecule has 2 heterocycles. The number of hydrogen-bond acceptors (Lipinski definition) is 2. The molecule has 0 aliphatic heterocycles. The summed E-state index contributed by atoms with van der Waals surface area (Å²) in [6.45, 7) is 0. The van der Waals surface area contributed by atoms with Gasteiger partial charge in [-0.1, -0.05) is 18.2 Å². The molecule has 0 saturated carbocycles. The minimum absolute atomic E-state index is 0.301. The number of fused-ring (bicyclic) bond motifs is 3. The lowest BCUT2D eigenvalue weighted by Gasteiger charge is -2.06. The molecular weight excluding hydrogens is 269 g/mol. The van der Waals surface area contributed by atoms with Crippen LogP contribution in [0.25, 0.3) is 27.7 Å². The van der Waals surface area contributed by atoms with Gasteiger partial charge in [0.15, 0.2) is 0 Å². The quantitative estimate of drug-likeness (QED) is 0.530. The first kappa shape index (κ1) is 11.9. The molecule has 0 saturated heterocycles. The number of nitrogens with zero attached hydrogens (tertiary/aromatic N) is 1. The van der Waals surface area contributed by atoms with Crippen LogP contribution in [-0.2, 0) is 0 Å². The van der Waals surface area contributed by atoms with Gasteiger partial charge in [0.1, 0.15) is 17.6 Å². The third-order valence-corrected chi connectivity index (χ3v) is 3.58. The Hall–Kier alpha value is -2.88. The Labute approximate surface area is 118 Å². The monoisotopic (exact) mass is 279 g/mol. The Bertz CT molecular complexity index is 1010. The van der Waals surface area contributed by atoms with Gasteiger partial charge < -0.3 is 4.42 Å². The van der Waals surface area contributed by atoms with Crippen molar-refractivity contribution in [3.63, 3.8) is 0 Å². The standard InChI is InChI=1S/C17H10FNO2/c18-13-7-5-11(6-8-13)16-10-21-17(20)15-9-12-3-1-2-4-14(12)19(15)16/h1-10H. The second kappa shape index (κ2) is 4.31. The van der Waals surface area contributed by atoms with E-state index < -0.39 is 5.63 Å². The topological polar surface area (TPSA) is 34.6 Å². The fourth-order valence-electron chi connectivity index (χ4n) is 2.60. The summed E-state index contributed by atoms with van der Waals surface area (Å²) in [5.74, 6) is -0.301. The normalized spacial score (nSPS) is 11.3. The molecule has 0 N–H and O–H groups in total. The summed E-state index contributed by atoms with van der Waals surface area (Å²) in [6.07, 6.45) is 1.41. The number of benzene rings is 2. The smallest absolute Gasteiger partial charge is 0.360 e. The van der Waals surface area contributed by atoms with Gasteiger partial charge in [-0.15, -0.1) is 0 Å². The largest absolute Gasteiger partial charge is 0.428 e. The minimum Gasteiger partial charge on any atom is -0.428 e. The molecule has 21 heavy (non-hydrogen) atoms. The van der Waals surface area contributed by atoms with Crippen molar-refractivity contribution in [3.8, 4) is 11.3 Å². The van der Waals surface area contributed by atoms with Crippen LogP contribution in [0.4, 0.5) is 4.39 Å². The predicted octanol–water partition coefficient (Wildman–Crippen LogP) is 3.85. The van der Waals surface area contributed by atoms with Crippen LogP contribution in [0.2, 0.25) is 0 Å². The molecule has 0 radical (unpaired) electrons. The summed E-state index contributed by atoms with van der Waals surface area (Å²) < 4.78 is 20.1. The molecular formula is C17H10FNO2. The molecule has 0 spiro atoms. The van der Waals surface area contributed by atoms with Gasteiger partial charge >= 0.3 is 5.63 Å².